The SMILES string of the molecule is O=C(NCCCO)C(=O)Nc1cccc(I)c1. The van der Waals surface area contributed by atoms with Crippen molar-refractivity contribution in [2.75, 3.05) is 18.5 Å². The maximum absolute atomic E-state index is 11.4. The smallest absolute Gasteiger partial charge is 0.313 e. The van der Waals surface area contributed by atoms with E-state index in [1.165, 1.54) is 0 Å². The van der Waals surface area contributed by atoms with E-state index in [4.69, 9.17) is 5.11 Å². The predicted molar refractivity (Wildman–Crippen MR) is 72.5 cm³/mol. The van der Waals surface area contributed by atoms with E-state index in [2.05, 4.69) is 33.2 Å². The molecule has 0 fully saturated rings. The number of rotatable bonds is 4. The number of aliphatic hydroxyl groups excluding tert-OH is 1. The first kappa shape index (κ1) is 13.9. The summed E-state index contributed by atoms with van der Waals surface area (Å²) in [6, 6.07) is 7.15. The third kappa shape index (κ3) is 5.14. The van der Waals surface area contributed by atoms with Crippen LogP contribution in [0.5, 0.6) is 0 Å². The van der Waals surface area contributed by atoms with Crippen LogP contribution in [-0.2, 0) is 9.59 Å². The van der Waals surface area contributed by atoms with Crippen LogP contribution < -0.4 is 10.6 Å². The predicted octanol–water partition coefficient (Wildman–Crippen LogP) is 0.728. The molecular weight excluding hydrogens is 335 g/mol. The van der Waals surface area contributed by atoms with Crippen molar-refractivity contribution in [2.45, 2.75) is 6.42 Å². The zero-order chi connectivity index (χ0) is 12.7. The van der Waals surface area contributed by atoms with E-state index in [0.717, 1.165) is 3.57 Å². The maximum atomic E-state index is 11.4. The van der Waals surface area contributed by atoms with Crippen molar-refractivity contribution in [3.8, 4) is 0 Å². The summed E-state index contributed by atoms with van der Waals surface area (Å²) in [4.78, 5) is 22.7. The van der Waals surface area contributed by atoms with Crippen LogP contribution >= 0.6 is 22.6 Å². The average molecular weight is 348 g/mol. The number of anilines is 1. The number of aliphatic hydroxyl groups is 1. The molecule has 0 heterocycles. The summed E-state index contributed by atoms with van der Waals surface area (Å²) >= 11 is 2.12. The second-order valence-corrected chi connectivity index (χ2v) is 4.54. The quantitative estimate of drug-likeness (QED) is 0.427. The minimum atomic E-state index is -0.704. The highest BCUT2D eigenvalue weighted by molar-refractivity contribution is 14.1. The van der Waals surface area contributed by atoms with Crippen molar-refractivity contribution >= 4 is 40.1 Å². The minimum absolute atomic E-state index is 0.0151. The maximum Gasteiger partial charge on any atom is 0.313 e. The Morgan fingerprint density at radius 1 is 1.29 bits per heavy atom. The van der Waals surface area contributed by atoms with Crippen LogP contribution in [0.3, 0.4) is 0 Å². The fourth-order valence-electron chi connectivity index (χ4n) is 1.12. The monoisotopic (exact) mass is 348 g/mol. The Morgan fingerprint density at radius 2 is 2.06 bits per heavy atom. The summed E-state index contributed by atoms with van der Waals surface area (Å²) in [5, 5.41) is 13.4. The number of carbonyl (C=O) groups excluding carboxylic acids is 2. The lowest BCUT2D eigenvalue weighted by molar-refractivity contribution is -0.136. The minimum Gasteiger partial charge on any atom is -0.396 e. The van der Waals surface area contributed by atoms with Crippen LogP contribution in [0.25, 0.3) is 0 Å². The van der Waals surface area contributed by atoms with Gasteiger partial charge in [-0.15, -0.1) is 0 Å². The van der Waals surface area contributed by atoms with Gasteiger partial charge in [-0.3, -0.25) is 9.59 Å². The molecule has 5 nitrogen and oxygen atoms in total. The molecule has 6 heteroatoms. The third-order valence-corrected chi connectivity index (χ3v) is 2.58. The summed E-state index contributed by atoms with van der Waals surface area (Å²) in [5.41, 5.74) is 0.583. The molecule has 1 aromatic carbocycles. The molecule has 17 heavy (non-hydrogen) atoms. The van der Waals surface area contributed by atoms with Crippen molar-refractivity contribution < 1.29 is 14.7 Å². The van der Waals surface area contributed by atoms with Crippen LogP contribution in [0.4, 0.5) is 5.69 Å². The van der Waals surface area contributed by atoms with Gasteiger partial charge in [0, 0.05) is 22.4 Å². The Balaban J connectivity index is 2.46. The van der Waals surface area contributed by atoms with Gasteiger partial charge in [-0.05, 0) is 47.2 Å². The van der Waals surface area contributed by atoms with Gasteiger partial charge in [-0.25, -0.2) is 0 Å². The van der Waals surface area contributed by atoms with Crippen LogP contribution in [-0.4, -0.2) is 30.1 Å². The highest BCUT2D eigenvalue weighted by Gasteiger charge is 2.12. The molecule has 0 aromatic heterocycles. The Morgan fingerprint density at radius 3 is 2.71 bits per heavy atom. The number of hydrogen-bond acceptors (Lipinski definition) is 3. The molecule has 3 N–H and O–H groups in total. The van der Waals surface area contributed by atoms with Gasteiger partial charge in [-0.2, -0.15) is 0 Å². The van der Waals surface area contributed by atoms with Gasteiger partial charge in [0.25, 0.3) is 0 Å². The number of benzene rings is 1. The number of hydrogen-bond donors (Lipinski definition) is 3. The summed E-state index contributed by atoms with van der Waals surface area (Å²) in [6.45, 7) is 0.272. The molecule has 0 spiro atoms. The lowest BCUT2D eigenvalue weighted by Crippen LogP contribution is -2.36. The molecule has 0 unspecified atom stereocenters. The molecule has 1 aromatic rings. The van der Waals surface area contributed by atoms with Gasteiger partial charge < -0.3 is 15.7 Å². The van der Waals surface area contributed by atoms with Gasteiger partial charge in [0.2, 0.25) is 0 Å². The lowest BCUT2D eigenvalue weighted by Gasteiger charge is -2.06. The largest absolute Gasteiger partial charge is 0.396 e. The molecule has 0 aliphatic carbocycles. The molecule has 0 atom stereocenters. The first-order valence-electron chi connectivity index (χ1n) is 5.09. The van der Waals surface area contributed by atoms with Gasteiger partial charge >= 0.3 is 11.8 Å². The van der Waals surface area contributed by atoms with E-state index in [1.807, 2.05) is 6.07 Å². The molecule has 0 bridgehead atoms. The fourth-order valence-corrected chi connectivity index (χ4v) is 1.66. The molecule has 2 amide bonds. The first-order chi connectivity index (χ1) is 8.13. The Hall–Kier alpha value is -1.15. The summed E-state index contributed by atoms with van der Waals surface area (Å²) < 4.78 is 0.973. The van der Waals surface area contributed by atoms with Crippen LogP contribution in [0.15, 0.2) is 24.3 Å². The van der Waals surface area contributed by atoms with Gasteiger partial charge in [0.05, 0.1) is 0 Å². The Labute approximate surface area is 113 Å². The van der Waals surface area contributed by atoms with Gasteiger partial charge in [-0.1, -0.05) is 6.07 Å². The van der Waals surface area contributed by atoms with Gasteiger partial charge in [0.15, 0.2) is 0 Å². The normalized spacial score (nSPS) is 9.76. The first-order valence-corrected chi connectivity index (χ1v) is 6.17. The average Bonchev–Trinajstić information content (AvgIpc) is 2.29. The highest BCUT2D eigenvalue weighted by Crippen LogP contribution is 2.11. The highest BCUT2D eigenvalue weighted by atomic mass is 127. The van der Waals surface area contributed by atoms with Gasteiger partial charge in [0.1, 0.15) is 0 Å². The van der Waals surface area contributed by atoms with E-state index in [1.54, 1.807) is 18.2 Å². The number of amides is 2. The molecule has 0 saturated carbocycles. The molecule has 0 aliphatic heterocycles. The van der Waals surface area contributed by atoms with E-state index in [9.17, 15) is 9.59 Å². The van der Waals surface area contributed by atoms with Crippen LogP contribution in [0.1, 0.15) is 6.42 Å². The molecule has 0 saturated heterocycles. The fraction of sp³-hybridized carbons (Fsp3) is 0.273. The van der Waals surface area contributed by atoms with E-state index >= 15 is 0 Å². The summed E-state index contributed by atoms with van der Waals surface area (Å²) in [5.74, 6) is -1.40. The lowest BCUT2D eigenvalue weighted by atomic mass is 10.3. The standard InChI is InChI=1S/C11H13IN2O3/c12-8-3-1-4-9(7-8)14-11(17)10(16)13-5-2-6-15/h1,3-4,7,15H,2,5-6H2,(H,13,16)(H,14,17). The van der Waals surface area contributed by atoms with Crippen molar-refractivity contribution in [1.82, 2.24) is 5.32 Å². The molecule has 92 valence electrons. The zero-order valence-electron chi connectivity index (χ0n) is 9.07. The van der Waals surface area contributed by atoms with E-state index < -0.39 is 11.8 Å². The second kappa shape index (κ2) is 7.23. The summed E-state index contributed by atoms with van der Waals surface area (Å²) in [7, 11) is 0. The van der Waals surface area contributed by atoms with Crippen molar-refractivity contribution in [2.24, 2.45) is 0 Å². The number of halogens is 1. The van der Waals surface area contributed by atoms with Crippen molar-refractivity contribution in [3.05, 3.63) is 27.8 Å². The molecule has 0 aliphatic rings. The Bertz CT molecular complexity index is 409. The second-order valence-electron chi connectivity index (χ2n) is 3.30. The topological polar surface area (TPSA) is 78.4 Å². The summed E-state index contributed by atoms with van der Waals surface area (Å²) in [6.07, 6.45) is 0.433. The Kier molecular flexibility index (Phi) is 5.92. The van der Waals surface area contributed by atoms with Crippen molar-refractivity contribution in [3.63, 3.8) is 0 Å². The van der Waals surface area contributed by atoms with Crippen LogP contribution in [0, 0.1) is 3.57 Å². The number of carbonyl (C=O) groups is 2. The number of nitrogens with one attached hydrogen (secondary N) is 2. The molecular formula is C11H13IN2O3. The van der Waals surface area contributed by atoms with Crippen molar-refractivity contribution in [1.29, 1.82) is 0 Å². The third-order valence-electron chi connectivity index (χ3n) is 1.91. The zero-order valence-corrected chi connectivity index (χ0v) is 11.2. The van der Waals surface area contributed by atoms with E-state index in [-0.39, 0.29) is 13.2 Å². The van der Waals surface area contributed by atoms with E-state index in [0.29, 0.717) is 12.1 Å². The molecule has 0 radical (unpaired) electrons. The molecule has 1 rings (SSSR count). The van der Waals surface area contributed by atoms with Crippen LogP contribution in [0.2, 0.25) is 0 Å².